The summed E-state index contributed by atoms with van der Waals surface area (Å²) in [6, 6.07) is 1.72. The number of thiophene rings is 2. The second-order valence-corrected chi connectivity index (χ2v) is 9.75. The predicted octanol–water partition coefficient (Wildman–Crippen LogP) is 5.88. The van der Waals surface area contributed by atoms with Crippen LogP contribution in [0.1, 0.15) is 47.9 Å². The first-order valence-corrected chi connectivity index (χ1v) is 11.0. The van der Waals surface area contributed by atoms with E-state index in [1.54, 1.807) is 0 Å². The third-order valence-electron chi connectivity index (χ3n) is 6.56. The fourth-order valence-electron chi connectivity index (χ4n) is 4.89. The van der Waals surface area contributed by atoms with E-state index >= 15 is 0 Å². The first kappa shape index (κ1) is 16.6. The summed E-state index contributed by atoms with van der Waals surface area (Å²) in [7, 11) is 4.91. The van der Waals surface area contributed by atoms with Crippen molar-refractivity contribution in [3.63, 3.8) is 0 Å². The second-order valence-electron chi connectivity index (χ2n) is 8.26. The average Bonchev–Trinajstić information content (AvgIpc) is 3.15. The van der Waals surface area contributed by atoms with Crippen molar-refractivity contribution in [2.45, 2.75) is 51.6 Å². The minimum absolute atomic E-state index is 0.738. The lowest BCUT2D eigenvalue weighted by molar-refractivity contribution is -0.931. The van der Waals surface area contributed by atoms with Crippen LogP contribution < -0.4 is 0 Å². The zero-order valence-corrected chi connectivity index (χ0v) is 16.8. The van der Waals surface area contributed by atoms with E-state index in [1.807, 2.05) is 22.7 Å². The van der Waals surface area contributed by atoms with Gasteiger partial charge in [0.1, 0.15) is 0 Å². The van der Waals surface area contributed by atoms with Crippen molar-refractivity contribution < 1.29 is 4.48 Å². The SMILES string of the molecule is Cc1cscc1C(=CC1CC2CCC(C1)[N+]2(C)C)c1cscc1C. The maximum atomic E-state index is 2.63. The standard InChI is InChI=1S/C21H28NS2/c1-14-10-23-12-20(14)19(21-13-24-11-15(21)2)9-16-7-17-5-6-18(8-16)22(17,3)4/h9-13,16-18H,5-8H2,1-4H3/q+1. The first-order valence-electron chi connectivity index (χ1n) is 9.08. The Hall–Kier alpha value is -0.900. The van der Waals surface area contributed by atoms with Gasteiger partial charge in [-0.3, -0.25) is 0 Å². The molecule has 0 aromatic carbocycles. The molecule has 2 unspecified atom stereocenters. The monoisotopic (exact) mass is 358 g/mol. The lowest BCUT2D eigenvalue weighted by Gasteiger charge is -2.44. The van der Waals surface area contributed by atoms with Crippen LogP contribution in [0.25, 0.3) is 5.57 Å². The molecule has 0 aliphatic carbocycles. The van der Waals surface area contributed by atoms with Crippen molar-refractivity contribution in [3.8, 4) is 0 Å². The van der Waals surface area contributed by atoms with E-state index in [-0.39, 0.29) is 0 Å². The minimum atomic E-state index is 0.738. The summed E-state index contributed by atoms with van der Waals surface area (Å²) < 4.78 is 1.26. The second kappa shape index (κ2) is 6.12. The molecule has 0 amide bonds. The highest BCUT2D eigenvalue weighted by atomic mass is 32.1. The number of quaternary nitrogens is 1. The van der Waals surface area contributed by atoms with Gasteiger partial charge < -0.3 is 4.48 Å². The quantitative estimate of drug-likeness (QED) is 0.601. The number of nitrogens with zero attached hydrogens (tertiary/aromatic N) is 1. The van der Waals surface area contributed by atoms with Crippen molar-refractivity contribution in [1.29, 1.82) is 0 Å². The van der Waals surface area contributed by atoms with E-state index in [0.29, 0.717) is 0 Å². The Labute approximate surface area is 154 Å². The predicted molar refractivity (Wildman–Crippen MR) is 107 cm³/mol. The van der Waals surface area contributed by atoms with Crippen molar-refractivity contribution in [2.75, 3.05) is 14.1 Å². The van der Waals surface area contributed by atoms with Crippen LogP contribution in [0, 0.1) is 19.8 Å². The third kappa shape index (κ3) is 2.71. The van der Waals surface area contributed by atoms with Crippen LogP contribution >= 0.6 is 22.7 Å². The number of aryl methyl sites for hydroxylation is 2. The van der Waals surface area contributed by atoms with Gasteiger partial charge in [-0.2, -0.15) is 22.7 Å². The first-order chi connectivity index (χ1) is 11.5. The van der Waals surface area contributed by atoms with Crippen molar-refractivity contribution in [2.24, 2.45) is 5.92 Å². The molecule has 2 aliphatic heterocycles. The van der Waals surface area contributed by atoms with E-state index in [1.165, 1.54) is 58.0 Å². The number of hydrogen-bond acceptors (Lipinski definition) is 2. The summed E-state index contributed by atoms with van der Waals surface area (Å²) in [5.41, 5.74) is 7.24. The molecule has 1 nitrogen and oxygen atoms in total. The largest absolute Gasteiger partial charge is 0.324 e. The van der Waals surface area contributed by atoms with Crippen LogP contribution in [-0.4, -0.2) is 30.7 Å². The van der Waals surface area contributed by atoms with Crippen molar-refractivity contribution in [1.82, 2.24) is 0 Å². The highest BCUT2D eigenvalue weighted by molar-refractivity contribution is 7.08. The molecule has 0 radical (unpaired) electrons. The van der Waals surface area contributed by atoms with Gasteiger partial charge in [0.15, 0.2) is 0 Å². The maximum Gasteiger partial charge on any atom is 0.0896 e. The Morgan fingerprint density at radius 2 is 1.42 bits per heavy atom. The molecule has 2 aromatic heterocycles. The lowest BCUT2D eigenvalue weighted by atomic mass is 9.85. The molecular weight excluding hydrogens is 330 g/mol. The van der Waals surface area contributed by atoms with Crippen LogP contribution in [0.5, 0.6) is 0 Å². The minimum Gasteiger partial charge on any atom is -0.324 e. The van der Waals surface area contributed by atoms with Gasteiger partial charge >= 0.3 is 0 Å². The Kier molecular flexibility index (Phi) is 4.22. The molecule has 0 saturated carbocycles. The molecule has 2 bridgehead atoms. The smallest absolute Gasteiger partial charge is 0.0896 e. The summed E-state index contributed by atoms with van der Waals surface area (Å²) in [5, 5.41) is 9.26. The molecule has 2 saturated heterocycles. The summed E-state index contributed by atoms with van der Waals surface area (Å²) in [6.45, 7) is 4.51. The average molecular weight is 359 g/mol. The fraction of sp³-hybridized carbons (Fsp3) is 0.524. The highest BCUT2D eigenvalue weighted by Crippen LogP contribution is 2.44. The van der Waals surface area contributed by atoms with Crippen LogP contribution in [0.2, 0.25) is 0 Å². The topological polar surface area (TPSA) is 0 Å². The van der Waals surface area contributed by atoms with E-state index in [4.69, 9.17) is 0 Å². The molecule has 128 valence electrons. The van der Waals surface area contributed by atoms with Gasteiger partial charge in [0.05, 0.1) is 26.2 Å². The van der Waals surface area contributed by atoms with Crippen molar-refractivity contribution in [3.05, 3.63) is 49.9 Å². The summed E-state index contributed by atoms with van der Waals surface area (Å²) in [6.07, 6.45) is 8.20. The van der Waals surface area contributed by atoms with Gasteiger partial charge in [-0.25, -0.2) is 0 Å². The molecule has 2 fully saturated rings. The van der Waals surface area contributed by atoms with Crippen LogP contribution in [-0.2, 0) is 0 Å². The van der Waals surface area contributed by atoms with E-state index in [0.717, 1.165) is 18.0 Å². The zero-order valence-electron chi connectivity index (χ0n) is 15.2. The summed E-state index contributed by atoms with van der Waals surface area (Å²) >= 11 is 3.66. The van der Waals surface area contributed by atoms with Crippen LogP contribution in [0.4, 0.5) is 0 Å². The molecule has 24 heavy (non-hydrogen) atoms. The lowest BCUT2D eigenvalue weighted by Crippen LogP contribution is -2.54. The Morgan fingerprint density at radius 1 is 0.917 bits per heavy atom. The summed E-state index contributed by atoms with van der Waals surface area (Å²) in [4.78, 5) is 0. The highest BCUT2D eigenvalue weighted by Gasteiger charge is 2.48. The third-order valence-corrected chi connectivity index (χ3v) is 8.28. The number of fused-ring (bicyclic) bond motifs is 2. The number of allylic oxidation sites excluding steroid dienone is 1. The zero-order chi connectivity index (χ0) is 16.9. The Balaban J connectivity index is 1.71. The molecule has 2 aliphatic rings. The molecular formula is C21H28NS2+. The molecule has 4 rings (SSSR count). The van der Waals surface area contributed by atoms with Gasteiger partial charge in [0.2, 0.25) is 0 Å². The van der Waals surface area contributed by atoms with Gasteiger partial charge in [-0.1, -0.05) is 6.08 Å². The van der Waals surface area contributed by atoms with Crippen LogP contribution in [0.3, 0.4) is 0 Å². The van der Waals surface area contributed by atoms with E-state index < -0.39 is 0 Å². The van der Waals surface area contributed by atoms with Crippen molar-refractivity contribution >= 4 is 28.2 Å². The maximum absolute atomic E-state index is 2.63. The molecule has 2 aromatic rings. The van der Waals surface area contributed by atoms with Gasteiger partial charge in [0.25, 0.3) is 0 Å². The molecule has 3 heteroatoms. The number of hydrogen-bond donors (Lipinski definition) is 0. The van der Waals surface area contributed by atoms with Gasteiger partial charge in [-0.15, -0.1) is 0 Å². The van der Waals surface area contributed by atoms with Crippen LogP contribution in [0.15, 0.2) is 27.6 Å². The number of rotatable bonds is 3. The molecule has 0 N–H and O–H groups in total. The van der Waals surface area contributed by atoms with E-state index in [2.05, 4.69) is 55.5 Å². The van der Waals surface area contributed by atoms with E-state index in [9.17, 15) is 0 Å². The fourth-order valence-corrected chi connectivity index (χ4v) is 6.59. The van der Waals surface area contributed by atoms with Gasteiger partial charge in [-0.05, 0) is 69.1 Å². The normalized spacial score (nSPS) is 28.1. The molecule has 2 atom stereocenters. The number of piperidine rings is 1. The Morgan fingerprint density at radius 3 is 1.83 bits per heavy atom. The Bertz CT molecular complexity index is 706. The summed E-state index contributed by atoms with van der Waals surface area (Å²) in [5.74, 6) is 0.738. The molecule has 4 heterocycles. The molecule has 0 spiro atoms. The van der Waals surface area contributed by atoms with Gasteiger partial charge in [0, 0.05) is 25.7 Å².